The van der Waals surface area contributed by atoms with Crippen LogP contribution in [0.15, 0.2) is 17.0 Å². The van der Waals surface area contributed by atoms with E-state index in [2.05, 4.69) is 9.68 Å². The van der Waals surface area contributed by atoms with E-state index >= 15 is 0 Å². The maximum Gasteiger partial charge on any atom is 0.303 e. The van der Waals surface area contributed by atoms with Gasteiger partial charge in [-0.2, -0.15) is 0 Å². The van der Waals surface area contributed by atoms with Crippen LogP contribution in [0.4, 0.5) is 0 Å². The van der Waals surface area contributed by atoms with Crippen LogP contribution in [0.5, 0.6) is 0 Å². The number of hydrogen-bond donors (Lipinski definition) is 1. The SMILES string of the molecule is CN(CCCC(=O)O)C(=O)c1cnoc1. The average molecular weight is 212 g/mol. The topological polar surface area (TPSA) is 83.6 Å². The lowest BCUT2D eigenvalue weighted by molar-refractivity contribution is -0.137. The van der Waals surface area contributed by atoms with Gasteiger partial charge in [-0.05, 0) is 6.42 Å². The number of carboxylic acid groups (broad SMARTS) is 1. The van der Waals surface area contributed by atoms with E-state index < -0.39 is 5.97 Å². The number of amides is 1. The minimum atomic E-state index is -0.860. The molecule has 0 aromatic carbocycles. The Morgan fingerprint density at radius 1 is 1.60 bits per heavy atom. The molecule has 0 aliphatic carbocycles. The predicted molar refractivity (Wildman–Crippen MR) is 50.3 cm³/mol. The van der Waals surface area contributed by atoms with Gasteiger partial charge >= 0.3 is 5.97 Å². The number of carboxylic acids is 1. The highest BCUT2D eigenvalue weighted by Gasteiger charge is 2.13. The number of rotatable bonds is 5. The van der Waals surface area contributed by atoms with Crippen molar-refractivity contribution >= 4 is 11.9 Å². The first-order valence-electron chi connectivity index (χ1n) is 4.48. The molecule has 15 heavy (non-hydrogen) atoms. The normalized spacial score (nSPS) is 9.93. The Morgan fingerprint density at radius 2 is 2.33 bits per heavy atom. The lowest BCUT2D eigenvalue weighted by Gasteiger charge is -2.14. The predicted octanol–water partition coefficient (Wildman–Crippen LogP) is 0.611. The second-order valence-corrected chi connectivity index (χ2v) is 3.14. The van der Waals surface area contributed by atoms with Crippen LogP contribution >= 0.6 is 0 Å². The molecule has 0 radical (unpaired) electrons. The van der Waals surface area contributed by atoms with E-state index in [1.54, 1.807) is 7.05 Å². The molecule has 0 aliphatic heterocycles. The lowest BCUT2D eigenvalue weighted by atomic mass is 10.2. The fourth-order valence-electron chi connectivity index (χ4n) is 1.10. The van der Waals surface area contributed by atoms with E-state index in [9.17, 15) is 9.59 Å². The molecule has 0 atom stereocenters. The van der Waals surface area contributed by atoms with E-state index in [4.69, 9.17) is 5.11 Å². The smallest absolute Gasteiger partial charge is 0.303 e. The molecule has 6 nitrogen and oxygen atoms in total. The van der Waals surface area contributed by atoms with Crippen LogP contribution in [-0.4, -0.2) is 40.6 Å². The second kappa shape index (κ2) is 5.14. The van der Waals surface area contributed by atoms with E-state index in [0.29, 0.717) is 18.5 Å². The minimum Gasteiger partial charge on any atom is -0.481 e. The Hall–Kier alpha value is -1.85. The molecular weight excluding hydrogens is 200 g/mol. The number of hydrogen-bond acceptors (Lipinski definition) is 4. The van der Waals surface area contributed by atoms with Gasteiger partial charge in [-0.3, -0.25) is 9.59 Å². The second-order valence-electron chi connectivity index (χ2n) is 3.14. The first-order chi connectivity index (χ1) is 7.11. The van der Waals surface area contributed by atoms with Crippen LogP contribution in [-0.2, 0) is 4.79 Å². The molecule has 1 aromatic rings. The zero-order chi connectivity index (χ0) is 11.3. The van der Waals surface area contributed by atoms with Gasteiger partial charge in [0.25, 0.3) is 5.91 Å². The van der Waals surface area contributed by atoms with Gasteiger partial charge in [-0.25, -0.2) is 0 Å². The minimum absolute atomic E-state index is 0.0568. The summed E-state index contributed by atoms with van der Waals surface area (Å²) in [5.41, 5.74) is 0.368. The van der Waals surface area contributed by atoms with Gasteiger partial charge in [0.2, 0.25) is 0 Å². The third kappa shape index (κ3) is 3.41. The van der Waals surface area contributed by atoms with Gasteiger partial charge in [-0.15, -0.1) is 0 Å². The molecule has 1 N–H and O–H groups in total. The molecule has 6 heteroatoms. The van der Waals surface area contributed by atoms with E-state index in [1.807, 2.05) is 0 Å². The van der Waals surface area contributed by atoms with Crippen molar-refractivity contribution in [2.75, 3.05) is 13.6 Å². The Morgan fingerprint density at radius 3 is 2.87 bits per heavy atom. The molecule has 0 unspecified atom stereocenters. The molecule has 0 saturated carbocycles. The Labute approximate surface area is 86.5 Å². The number of aliphatic carboxylic acids is 1. The van der Waals surface area contributed by atoms with Crippen molar-refractivity contribution in [2.24, 2.45) is 0 Å². The van der Waals surface area contributed by atoms with Gasteiger partial charge in [0.1, 0.15) is 6.26 Å². The number of carbonyl (C=O) groups excluding carboxylic acids is 1. The van der Waals surface area contributed by atoms with Crippen molar-refractivity contribution in [3.8, 4) is 0 Å². The van der Waals surface area contributed by atoms with Crippen LogP contribution in [0.3, 0.4) is 0 Å². The molecule has 82 valence electrons. The summed E-state index contributed by atoms with van der Waals surface area (Å²) >= 11 is 0. The van der Waals surface area contributed by atoms with Crippen molar-refractivity contribution in [1.29, 1.82) is 0 Å². The molecule has 1 amide bonds. The molecule has 0 bridgehead atoms. The Bertz CT molecular complexity index is 334. The Balaban J connectivity index is 2.37. The van der Waals surface area contributed by atoms with Crippen molar-refractivity contribution < 1.29 is 19.2 Å². The summed E-state index contributed by atoms with van der Waals surface area (Å²) in [4.78, 5) is 23.3. The summed E-state index contributed by atoms with van der Waals surface area (Å²) in [7, 11) is 1.61. The first kappa shape index (κ1) is 11.2. The van der Waals surface area contributed by atoms with Crippen LogP contribution in [0.25, 0.3) is 0 Å². The number of nitrogens with zero attached hydrogens (tertiary/aromatic N) is 2. The van der Waals surface area contributed by atoms with Gasteiger partial charge < -0.3 is 14.5 Å². The molecular formula is C9H12N2O4. The summed E-state index contributed by atoms with van der Waals surface area (Å²) in [5.74, 6) is -1.08. The van der Waals surface area contributed by atoms with E-state index in [0.717, 1.165) is 0 Å². The summed E-state index contributed by atoms with van der Waals surface area (Å²) in [6.45, 7) is 0.399. The number of aromatic nitrogens is 1. The molecule has 0 saturated heterocycles. The first-order valence-corrected chi connectivity index (χ1v) is 4.48. The number of carbonyl (C=O) groups is 2. The molecule has 0 aliphatic rings. The highest BCUT2D eigenvalue weighted by molar-refractivity contribution is 5.93. The van der Waals surface area contributed by atoms with Crippen LogP contribution in [0.2, 0.25) is 0 Å². The highest BCUT2D eigenvalue weighted by Crippen LogP contribution is 2.03. The summed E-state index contributed by atoms with van der Waals surface area (Å²) < 4.78 is 4.54. The van der Waals surface area contributed by atoms with E-state index in [-0.39, 0.29) is 12.3 Å². The van der Waals surface area contributed by atoms with Crippen molar-refractivity contribution in [3.05, 3.63) is 18.0 Å². The van der Waals surface area contributed by atoms with Crippen molar-refractivity contribution in [2.45, 2.75) is 12.8 Å². The Kier molecular flexibility index (Phi) is 3.84. The summed E-state index contributed by atoms with van der Waals surface area (Å²) in [6, 6.07) is 0. The molecule has 0 spiro atoms. The average Bonchev–Trinajstić information content (AvgIpc) is 2.68. The van der Waals surface area contributed by atoms with Gasteiger partial charge in [0.05, 0.1) is 11.8 Å². The van der Waals surface area contributed by atoms with Crippen LogP contribution in [0, 0.1) is 0 Å². The third-order valence-corrected chi connectivity index (χ3v) is 1.91. The highest BCUT2D eigenvalue weighted by atomic mass is 16.5. The maximum absolute atomic E-state index is 11.6. The van der Waals surface area contributed by atoms with Crippen molar-refractivity contribution in [3.63, 3.8) is 0 Å². The quantitative estimate of drug-likeness (QED) is 0.773. The zero-order valence-electron chi connectivity index (χ0n) is 8.34. The van der Waals surface area contributed by atoms with Gasteiger partial charge in [0.15, 0.2) is 0 Å². The third-order valence-electron chi connectivity index (χ3n) is 1.91. The lowest BCUT2D eigenvalue weighted by Crippen LogP contribution is -2.27. The monoisotopic (exact) mass is 212 g/mol. The zero-order valence-corrected chi connectivity index (χ0v) is 8.34. The fraction of sp³-hybridized carbons (Fsp3) is 0.444. The van der Waals surface area contributed by atoms with E-state index in [1.165, 1.54) is 17.4 Å². The largest absolute Gasteiger partial charge is 0.481 e. The molecule has 0 fully saturated rings. The van der Waals surface area contributed by atoms with Crippen LogP contribution in [0.1, 0.15) is 23.2 Å². The van der Waals surface area contributed by atoms with Crippen molar-refractivity contribution in [1.82, 2.24) is 10.1 Å². The van der Waals surface area contributed by atoms with Gasteiger partial charge in [0, 0.05) is 20.0 Å². The molecule has 1 heterocycles. The van der Waals surface area contributed by atoms with Gasteiger partial charge in [-0.1, -0.05) is 5.16 Å². The summed E-state index contributed by atoms with van der Waals surface area (Å²) in [6.07, 6.45) is 3.08. The molecule has 1 rings (SSSR count). The molecule has 1 aromatic heterocycles. The standard InChI is InChI=1S/C9H12N2O4/c1-11(4-2-3-8(12)13)9(14)7-5-10-15-6-7/h5-6H,2-4H2,1H3,(H,12,13). The fourth-order valence-corrected chi connectivity index (χ4v) is 1.10. The van der Waals surface area contributed by atoms with Crippen LogP contribution < -0.4 is 0 Å². The maximum atomic E-state index is 11.6. The summed E-state index contributed by atoms with van der Waals surface area (Å²) in [5, 5.41) is 11.8.